The largest absolute Gasteiger partial charge is 0.491 e. The van der Waals surface area contributed by atoms with E-state index < -0.39 is 65.8 Å². The molecule has 6 N–H and O–H groups in total. The number of rotatable bonds is 6. The smallest absolute Gasteiger partial charge is 0.291 e. The van der Waals surface area contributed by atoms with Gasteiger partial charge in [-0.1, -0.05) is 56.3 Å². The van der Waals surface area contributed by atoms with Crippen LogP contribution in [0.25, 0.3) is 5.78 Å². The van der Waals surface area contributed by atoms with E-state index in [0.717, 1.165) is 5.56 Å². The molecule has 2 aliphatic heterocycles. The number of amides is 5. The van der Waals surface area contributed by atoms with Gasteiger partial charge in [-0.25, -0.2) is 9.50 Å². The molecule has 274 valence electrons. The maximum absolute atomic E-state index is 13.7. The van der Waals surface area contributed by atoms with Gasteiger partial charge in [0, 0.05) is 18.8 Å². The molecule has 5 amide bonds. The minimum absolute atomic E-state index is 0.0137. The number of carbonyl (C=O) groups is 5. The van der Waals surface area contributed by atoms with E-state index in [9.17, 15) is 29.1 Å². The Morgan fingerprint density at radius 1 is 0.904 bits per heavy atom. The Bertz CT molecular complexity index is 1850. The Morgan fingerprint density at radius 3 is 2.27 bits per heavy atom. The Hall–Kier alpha value is -5.90. The van der Waals surface area contributed by atoms with Crippen LogP contribution >= 0.6 is 0 Å². The normalized spacial score (nSPS) is 22.8. The molecule has 2 bridgehead atoms. The van der Waals surface area contributed by atoms with Gasteiger partial charge < -0.3 is 36.4 Å². The first-order valence-electron chi connectivity index (χ1n) is 17.0. The van der Waals surface area contributed by atoms with Crippen molar-refractivity contribution in [1.82, 2.24) is 46.2 Å². The fourth-order valence-corrected chi connectivity index (χ4v) is 5.60. The van der Waals surface area contributed by atoms with Gasteiger partial charge in [0.1, 0.15) is 36.5 Å². The van der Waals surface area contributed by atoms with Crippen LogP contribution in [0.5, 0.6) is 5.75 Å². The predicted octanol–water partition coefficient (Wildman–Crippen LogP) is 0.0964. The fourth-order valence-electron chi connectivity index (χ4n) is 5.60. The Labute approximate surface area is 300 Å². The number of aromatic nitrogens is 4. The van der Waals surface area contributed by atoms with Gasteiger partial charge in [0.15, 0.2) is 0 Å². The first-order chi connectivity index (χ1) is 24.9. The molecule has 0 aliphatic carbocycles. The molecule has 0 fully saturated rings. The number of benzene rings is 2. The fraction of sp³-hybridized carbons (Fsp3) is 0.389. The molecule has 0 saturated heterocycles. The van der Waals surface area contributed by atoms with Crippen LogP contribution < -0.4 is 31.3 Å². The number of carbonyl (C=O) groups excluding carboxylic acids is 5. The van der Waals surface area contributed by atoms with Gasteiger partial charge in [0.25, 0.3) is 11.7 Å². The van der Waals surface area contributed by atoms with Crippen LogP contribution in [0.2, 0.25) is 0 Å². The van der Waals surface area contributed by atoms with E-state index in [1.54, 1.807) is 50.4 Å². The molecule has 0 unspecified atom stereocenters. The van der Waals surface area contributed by atoms with Gasteiger partial charge in [0.2, 0.25) is 29.5 Å². The average molecular weight is 714 g/mol. The van der Waals surface area contributed by atoms with Crippen LogP contribution in [0.4, 0.5) is 0 Å². The third-order valence-electron chi connectivity index (χ3n) is 8.49. The molecule has 2 aliphatic rings. The molecule has 4 aromatic rings. The second kappa shape index (κ2) is 16.9. The Morgan fingerprint density at radius 2 is 1.60 bits per heavy atom. The molecule has 6 atom stereocenters. The highest BCUT2D eigenvalue weighted by Gasteiger charge is 2.34. The van der Waals surface area contributed by atoms with E-state index in [-0.39, 0.29) is 30.5 Å². The number of hydrogen-bond donors (Lipinski definition) is 6. The minimum Gasteiger partial charge on any atom is -0.491 e. The van der Waals surface area contributed by atoms with Gasteiger partial charge >= 0.3 is 0 Å². The summed E-state index contributed by atoms with van der Waals surface area (Å²) in [6.07, 6.45) is 2.16. The maximum atomic E-state index is 13.7. The van der Waals surface area contributed by atoms with Gasteiger partial charge in [-0.05, 0) is 55.5 Å². The van der Waals surface area contributed by atoms with E-state index >= 15 is 0 Å². The molecule has 0 radical (unpaired) electrons. The van der Waals surface area contributed by atoms with Crippen molar-refractivity contribution >= 4 is 35.3 Å². The van der Waals surface area contributed by atoms with E-state index in [1.165, 1.54) is 24.6 Å². The van der Waals surface area contributed by atoms with E-state index in [2.05, 4.69) is 41.7 Å². The summed E-state index contributed by atoms with van der Waals surface area (Å²) >= 11 is 0. The molecule has 2 aromatic carbocycles. The van der Waals surface area contributed by atoms with Crippen LogP contribution in [-0.2, 0) is 32.0 Å². The highest BCUT2D eigenvalue weighted by Crippen LogP contribution is 2.16. The third kappa shape index (κ3) is 9.66. The third-order valence-corrected chi connectivity index (χ3v) is 8.49. The summed E-state index contributed by atoms with van der Waals surface area (Å²) in [5, 5.41) is 28.1. The first kappa shape index (κ1) is 37.4. The molecule has 2 aromatic heterocycles. The summed E-state index contributed by atoms with van der Waals surface area (Å²) < 4.78 is 7.43. The number of aliphatic hydroxyl groups is 1. The van der Waals surface area contributed by atoms with Crippen molar-refractivity contribution in [3.05, 3.63) is 90.0 Å². The van der Waals surface area contributed by atoms with Crippen LogP contribution in [-0.4, -0.2) is 97.1 Å². The predicted molar refractivity (Wildman–Crippen MR) is 188 cm³/mol. The second-order valence-corrected chi connectivity index (χ2v) is 13.1. The zero-order valence-corrected chi connectivity index (χ0v) is 29.3. The summed E-state index contributed by atoms with van der Waals surface area (Å²) in [6.45, 7) is 6.33. The first-order valence-corrected chi connectivity index (χ1v) is 17.0. The summed E-state index contributed by atoms with van der Waals surface area (Å²) in [5.74, 6) is -3.37. The van der Waals surface area contributed by atoms with Crippen molar-refractivity contribution in [1.29, 1.82) is 0 Å². The SMILES string of the molecule is CC(C)[C@H]1NC(=O)[C@H]([C@@H](C)O)NC(=O)[C@@H](C)NC(=O)[C@@H](NC(=O)c2nc3ncccn3n2)Cc2ccc(cc2)OC[C@H](Cc2ccccc2)NC1=O. The van der Waals surface area contributed by atoms with Crippen molar-refractivity contribution in [2.24, 2.45) is 5.92 Å². The molecule has 16 heteroatoms. The van der Waals surface area contributed by atoms with Crippen molar-refractivity contribution in [3.8, 4) is 5.75 Å². The lowest BCUT2D eigenvalue weighted by Gasteiger charge is -2.29. The van der Waals surface area contributed by atoms with Gasteiger partial charge in [-0.3, -0.25) is 24.0 Å². The molecule has 6 rings (SSSR count). The van der Waals surface area contributed by atoms with Crippen molar-refractivity contribution in [3.63, 3.8) is 0 Å². The molecular weight excluding hydrogens is 670 g/mol. The number of fused-ring (bicyclic) bond motifs is 18. The zero-order valence-electron chi connectivity index (χ0n) is 29.3. The van der Waals surface area contributed by atoms with Crippen LogP contribution in [0.1, 0.15) is 49.4 Å². The zero-order chi connectivity index (χ0) is 37.4. The van der Waals surface area contributed by atoms with E-state index in [4.69, 9.17) is 4.74 Å². The highest BCUT2D eigenvalue weighted by molar-refractivity contribution is 5.97. The second-order valence-electron chi connectivity index (χ2n) is 13.1. The average Bonchev–Trinajstić information content (AvgIpc) is 3.56. The highest BCUT2D eigenvalue weighted by atomic mass is 16.5. The van der Waals surface area contributed by atoms with Crippen LogP contribution in [0, 0.1) is 5.92 Å². The summed E-state index contributed by atoms with van der Waals surface area (Å²) in [6, 6.07) is 12.7. The summed E-state index contributed by atoms with van der Waals surface area (Å²) in [7, 11) is 0. The van der Waals surface area contributed by atoms with Crippen molar-refractivity contribution in [2.45, 2.75) is 76.8 Å². The van der Waals surface area contributed by atoms with Gasteiger partial charge in [-0.2, -0.15) is 4.98 Å². The molecule has 0 spiro atoms. The number of ether oxygens (including phenoxy) is 1. The molecule has 52 heavy (non-hydrogen) atoms. The molecular formula is C36H43N9O7. The van der Waals surface area contributed by atoms with Crippen molar-refractivity contribution in [2.75, 3.05) is 6.61 Å². The Balaban J connectivity index is 1.44. The number of hydrogen-bond acceptors (Lipinski definition) is 10. The van der Waals surface area contributed by atoms with Crippen LogP contribution in [0.3, 0.4) is 0 Å². The number of nitrogens with zero attached hydrogens (tertiary/aromatic N) is 4. The summed E-state index contributed by atoms with van der Waals surface area (Å²) in [4.78, 5) is 75.6. The molecule has 0 saturated carbocycles. The monoisotopic (exact) mass is 713 g/mol. The van der Waals surface area contributed by atoms with Crippen LogP contribution in [0.15, 0.2) is 73.1 Å². The summed E-state index contributed by atoms with van der Waals surface area (Å²) in [5.41, 5.74) is 1.61. The number of nitrogens with one attached hydrogen (secondary N) is 5. The minimum atomic E-state index is -1.46. The maximum Gasteiger partial charge on any atom is 0.291 e. The standard InChI is InChI=1S/C36H43N9O7/c1-20(2)28-33(49)39-25(17-23-9-6-5-7-10-23)19-52-26-13-11-24(12-14-26)18-27(40-35(51)30-43-36-37-15-8-16-45(36)44-30)32(48)38-21(3)31(47)42-29(22(4)46)34(50)41-28/h5-16,20-22,25,27-29,46H,17-19H2,1-4H3,(H,38,48)(H,39,49)(H,40,51)(H,41,50)(H,42,47)/t21-,22-,25+,27+,28-,29+/m1/s1. The van der Waals surface area contributed by atoms with Gasteiger partial charge in [0.05, 0.1) is 12.1 Å². The lowest BCUT2D eigenvalue weighted by Crippen LogP contribution is -2.61. The van der Waals surface area contributed by atoms with E-state index in [0.29, 0.717) is 17.7 Å². The quantitative estimate of drug-likeness (QED) is 0.148. The molecule has 16 nitrogen and oxygen atoms in total. The van der Waals surface area contributed by atoms with Gasteiger partial charge in [-0.15, -0.1) is 5.10 Å². The lowest BCUT2D eigenvalue weighted by molar-refractivity contribution is -0.136. The lowest BCUT2D eigenvalue weighted by atomic mass is 10.0. The van der Waals surface area contributed by atoms with Crippen molar-refractivity contribution < 1.29 is 33.8 Å². The van der Waals surface area contributed by atoms with E-state index in [1.807, 2.05) is 30.3 Å². The topological polar surface area (TPSA) is 218 Å². The Kier molecular flexibility index (Phi) is 12.1. The number of aliphatic hydroxyl groups excluding tert-OH is 1. The molecule has 4 heterocycles.